The molecule has 1 heterocycles. The van der Waals surface area contributed by atoms with E-state index < -0.39 is 11.3 Å². The van der Waals surface area contributed by atoms with Gasteiger partial charge in [-0.05, 0) is 49.6 Å². The summed E-state index contributed by atoms with van der Waals surface area (Å²) >= 11 is 12.2. The highest BCUT2D eigenvalue weighted by molar-refractivity contribution is 6.39. The van der Waals surface area contributed by atoms with Gasteiger partial charge in [0.05, 0.1) is 27.7 Å². The molecule has 160 valence electrons. The lowest BCUT2D eigenvalue weighted by Gasteiger charge is -2.39. The standard InChI is InChI=1S/C22H23Cl2FN2O3/c1-2-27(14-19(28)26-20-17(23)4-3-5-18(20)24)21(29)22(10-12-30-13-11-22)15-6-8-16(25)9-7-15/h3-9H,2,10-14H2,1H3,(H,26,28). The van der Waals surface area contributed by atoms with Gasteiger partial charge < -0.3 is 15.0 Å². The van der Waals surface area contributed by atoms with Gasteiger partial charge in [0.25, 0.3) is 0 Å². The zero-order valence-corrected chi connectivity index (χ0v) is 18.1. The molecule has 0 atom stereocenters. The molecule has 0 radical (unpaired) electrons. The fourth-order valence-corrected chi connectivity index (χ4v) is 4.21. The molecular formula is C22H23Cl2FN2O3. The molecule has 3 rings (SSSR count). The van der Waals surface area contributed by atoms with Crippen molar-refractivity contribution in [1.29, 1.82) is 0 Å². The maximum atomic E-state index is 13.6. The van der Waals surface area contributed by atoms with Gasteiger partial charge in [-0.3, -0.25) is 9.59 Å². The minimum absolute atomic E-state index is 0.152. The first kappa shape index (κ1) is 22.5. The van der Waals surface area contributed by atoms with Crippen molar-refractivity contribution in [2.75, 3.05) is 31.6 Å². The zero-order chi connectivity index (χ0) is 21.7. The number of hydrogen-bond donors (Lipinski definition) is 1. The highest BCUT2D eigenvalue weighted by Crippen LogP contribution is 2.37. The average Bonchev–Trinajstić information content (AvgIpc) is 2.75. The third-order valence-electron chi connectivity index (χ3n) is 5.38. The lowest BCUT2D eigenvalue weighted by Crippen LogP contribution is -2.51. The van der Waals surface area contributed by atoms with Crippen molar-refractivity contribution in [3.05, 3.63) is 63.9 Å². The summed E-state index contributed by atoms with van der Waals surface area (Å²) < 4.78 is 18.9. The lowest BCUT2D eigenvalue weighted by atomic mass is 9.73. The summed E-state index contributed by atoms with van der Waals surface area (Å²) in [6, 6.07) is 10.9. The summed E-state index contributed by atoms with van der Waals surface area (Å²) in [5, 5.41) is 3.32. The fraction of sp³-hybridized carbons (Fsp3) is 0.364. The van der Waals surface area contributed by atoms with Crippen molar-refractivity contribution >= 4 is 40.7 Å². The van der Waals surface area contributed by atoms with Crippen molar-refractivity contribution in [3.8, 4) is 0 Å². The van der Waals surface area contributed by atoms with E-state index in [9.17, 15) is 14.0 Å². The van der Waals surface area contributed by atoms with E-state index in [1.807, 2.05) is 6.92 Å². The van der Waals surface area contributed by atoms with Gasteiger partial charge in [-0.25, -0.2) is 4.39 Å². The van der Waals surface area contributed by atoms with Gasteiger partial charge in [-0.15, -0.1) is 0 Å². The van der Waals surface area contributed by atoms with Gasteiger partial charge in [0, 0.05) is 19.8 Å². The van der Waals surface area contributed by atoms with Crippen LogP contribution in [0.5, 0.6) is 0 Å². The Labute approximate surface area is 185 Å². The topological polar surface area (TPSA) is 58.6 Å². The second-order valence-corrected chi connectivity index (χ2v) is 7.98. The third kappa shape index (κ3) is 4.77. The second kappa shape index (κ2) is 9.77. The fourth-order valence-electron chi connectivity index (χ4n) is 3.71. The number of ether oxygens (including phenoxy) is 1. The van der Waals surface area contributed by atoms with Crippen molar-refractivity contribution in [2.45, 2.75) is 25.2 Å². The number of rotatable bonds is 6. The van der Waals surface area contributed by atoms with Crippen LogP contribution in [0, 0.1) is 5.82 Å². The number of anilines is 1. The van der Waals surface area contributed by atoms with Gasteiger partial charge >= 0.3 is 0 Å². The third-order valence-corrected chi connectivity index (χ3v) is 6.01. The average molecular weight is 453 g/mol. The summed E-state index contributed by atoms with van der Waals surface area (Å²) in [5.41, 5.74) is 0.184. The number of amides is 2. The van der Waals surface area contributed by atoms with E-state index in [2.05, 4.69) is 5.32 Å². The van der Waals surface area contributed by atoms with Gasteiger partial charge in [0.2, 0.25) is 11.8 Å². The first-order valence-corrected chi connectivity index (χ1v) is 10.5. The molecule has 2 amide bonds. The highest BCUT2D eigenvalue weighted by Gasteiger charge is 2.44. The molecule has 0 unspecified atom stereocenters. The van der Waals surface area contributed by atoms with Crippen LogP contribution >= 0.6 is 23.2 Å². The van der Waals surface area contributed by atoms with E-state index in [1.54, 1.807) is 30.3 Å². The molecule has 2 aromatic rings. The number of carbonyl (C=O) groups is 2. The lowest BCUT2D eigenvalue weighted by molar-refractivity contribution is -0.143. The Hall–Kier alpha value is -2.15. The van der Waals surface area contributed by atoms with Crippen LogP contribution in [0.15, 0.2) is 42.5 Å². The van der Waals surface area contributed by atoms with Crippen LogP contribution in [0.4, 0.5) is 10.1 Å². The molecule has 0 spiro atoms. The first-order chi connectivity index (χ1) is 14.4. The molecule has 5 nitrogen and oxygen atoms in total. The van der Waals surface area contributed by atoms with Crippen LogP contribution in [-0.2, 0) is 19.7 Å². The Balaban J connectivity index is 1.82. The number of benzene rings is 2. The SMILES string of the molecule is CCN(CC(=O)Nc1c(Cl)cccc1Cl)C(=O)C1(c2ccc(F)cc2)CCOCC1. The number of nitrogens with zero attached hydrogens (tertiary/aromatic N) is 1. The molecule has 1 aliphatic heterocycles. The molecule has 0 saturated carbocycles. The highest BCUT2D eigenvalue weighted by atomic mass is 35.5. The Bertz CT molecular complexity index is 895. The molecule has 30 heavy (non-hydrogen) atoms. The largest absolute Gasteiger partial charge is 0.381 e. The number of nitrogens with one attached hydrogen (secondary N) is 1. The smallest absolute Gasteiger partial charge is 0.244 e. The Kier molecular flexibility index (Phi) is 7.34. The number of halogens is 3. The van der Waals surface area contributed by atoms with Crippen LogP contribution in [0.25, 0.3) is 0 Å². The normalized spacial score (nSPS) is 15.5. The first-order valence-electron chi connectivity index (χ1n) is 9.74. The van der Waals surface area contributed by atoms with E-state index in [4.69, 9.17) is 27.9 Å². The monoisotopic (exact) mass is 452 g/mol. The summed E-state index contributed by atoms with van der Waals surface area (Å²) in [7, 11) is 0. The minimum atomic E-state index is -0.857. The molecule has 0 aromatic heterocycles. The number of hydrogen-bond acceptors (Lipinski definition) is 3. The summed E-state index contributed by atoms with van der Waals surface area (Å²) in [6.45, 7) is 2.84. The van der Waals surface area contributed by atoms with Gasteiger partial charge in [0.1, 0.15) is 5.82 Å². The molecule has 1 N–H and O–H groups in total. The molecule has 1 aliphatic rings. The molecule has 0 bridgehead atoms. The number of likely N-dealkylation sites (N-methyl/N-ethyl adjacent to an activating group) is 1. The van der Waals surface area contributed by atoms with E-state index in [0.717, 1.165) is 5.56 Å². The van der Waals surface area contributed by atoms with Crippen molar-refractivity contribution in [2.24, 2.45) is 0 Å². The quantitative estimate of drug-likeness (QED) is 0.692. The molecule has 1 fully saturated rings. The van der Waals surface area contributed by atoms with E-state index in [1.165, 1.54) is 17.0 Å². The minimum Gasteiger partial charge on any atom is -0.381 e. The van der Waals surface area contributed by atoms with Crippen molar-refractivity contribution in [1.82, 2.24) is 4.90 Å². The predicted octanol–water partition coefficient (Wildman–Crippen LogP) is 4.67. The van der Waals surface area contributed by atoms with Crippen LogP contribution in [0.2, 0.25) is 10.0 Å². The van der Waals surface area contributed by atoms with Gasteiger partial charge in [-0.2, -0.15) is 0 Å². The summed E-state index contributed by atoms with van der Waals surface area (Å²) in [6.07, 6.45) is 0.928. The Morgan fingerprint density at radius 3 is 2.27 bits per heavy atom. The second-order valence-electron chi connectivity index (χ2n) is 7.17. The van der Waals surface area contributed by atoms with Crippen molar-refractivity contribution < 1.29 is 18.7 Å². The van der Waals surface area contributed by atoms with Gasteiger partial charge in [-0.1, -0.05) is 41.4 Å². The van der Waals surface area contributed by atoms with E-state index in [0.29, 0.717) is 48.3 Å². The maximum Gasteiger partial charge on any atom is 0.244 e. The molecule has 8 heteroatoms. The summed E-state index contributed by atoms with van der Waals surface area (Å²) in [5.74, 6) is -0.946. The number of para-hydroxylation sites is 1. The molecule has 1 saturated heterocycles. The maximum absolute atomic E-state index is 13.6. The van der Waals surface area contributed by atoms with Gasteiger partial charge in [0.15, 0.2) is 0 Å². The Morgan fingerprint density at radius 2 is 1.70 bits per heavy atom. The summed E-state index contributed by atoms with van der Waals surface area (Å²) in [4.78, 5) is 27.8. The molecule has 2 aromatic carbocycles. The van der Waals surface area contributed by atoms with Crippen LogP contribution in [-0.4, -0.2) is 43.0 Å². The number of carbonyl (C=O) groups excluding carboxylic acids is 2. The Morgan fingerprint density at radius 1 is 1.10 bits per heavy atom. The van der Waals surface area contributed by atoms with Crippen molar-refractivity contribution in [3.63, 3.8) is 0 Å². The molecule has 0 aliphatic carbocycles. The van der Waals surface area contributed by atoms with Crippen LogP contribution in [0.3, 0.4) is 0 Å². The predicted molar refractivity (Wildman–Crippen MR) is 115 cm³/mol. The van der Waals surface area contributed by atoms with E-state index in [-0.39, 0.29) is 18.3 Å². The van der Waals surface area contributed by atoms with Crippen LogP contribution < -0.4 is 5.32 Å². The molecular weight excluding hydrogens is 430 g/mol. The zero-order valence-electron chi connectivity index (χ0n) is 16.6. The van der Waals surface area contributed by atoms with Crippen LogP contribution in [0.1, 0.15) is 25.3 Å². The van der Waals surface area contributed by atoms with E-state index >= 15 is 0 Å².